The SMILES string of the molecule is CCN(C)C=Nc1cc(Cl)c(Oc2snc(CC(C)(C)C)c2C#N)cc1C. The molecule has 1 aromatic carbocycles. The second kappa shape index (κ2) is 8.73. The van der Waals surface area contributed by atoms with Crippen LogP contribution in [0.3, 0.4) is 0 Å². The lowest BCUT2D eigenvalue weighted by atomic mass is 9.89. The number of benzene rings is 1. The molecule has 0 aliphatic carbocycles. The van der Waals surface area contributed by atoms with E-state index < -0.39 is 0 Å². The zero-order valence-electron chi connectivity index (χ0n) is 16.6. The van der Waals surface area contributed by atoms with Gasteiger partial charge >= 0.3 is 0 Å². The number of aromatic nitrogens is 1. The van der Waals surface area contributed by atoms with Crippen LogP contribution in [0.25, 0.3) is 0 Å². The molecule has 0 aliphatic heterocycles. The number of aliphatic imine (C=N–C) groups is 1. The predicted molar refractivity (Wildman–Crippen MR) is 113 cm³/mol. The van der Waals surface area contributed by atoms with E-state index in [0.717, 1.165) is 23.5 Å². The minimum absolute atomic E-state index is 0.0382. The van der Waals surface area contributed by atoms with Crippen molar-refractivity contribution in [3.8, 4) is 16.9 Å². The third-order valence-corrected chi connectivity index (χ3v) is 4.95. The molecule has 7 heteroatoms. The van der Waals surface area contributed by atoms with E-state index in [4.69, 9.17) is 16.3 Å². The van der Waals surface area contributed by atoms with Crippen LogP contribution in [0.1, 0.15) is 44.5 Å². The summed E-state index contributed by atoms with van der Waals surface area (Å²) in [6.45, 7) is 11.2. The first-order chi connectivity index (χ1) is 12.6. The third kappa shape index (κ3) is 5.69. The van der Waals surface area contributed by atoms with Crippen LogP contribution >= 0.6 is 23.1 Å². The van der Waals surface area contributed by atoms with Gasteiger partial charge < -0.3 is 9.64 Å². The fraction of sp³-hybridized carbons (Fsp3) is 0.450. The Kier molecular flexibility index (Phi) is 6.85. The van der Waals surface area contributed by atoms with Crippen molar-refractivity contribution in [2.24, 2.45) is 10.4 Å². The molecule has 0 aliphatic rings. The summed E-state index contributed by atoms with van der Waals surface area (Å²) < 4.78 is 10.4. The van der Waals surface area contributed by atoms with Gasteiger partial charge in [-0.05, 0) is 43.4 Å². The first kappa shape index (κ1) is 21.2. The summed E-state index contributed by atoms with van der Waals surface area (Å²) in [7, 11) is 1.96. The van der Waals surface area contributed by atoms with Crippen molar-refractivity contribution in [3.05, 3.63) is 34.0 Å². The van der Waals surface area contributed by atoms with E-state index in [1.54, 1.807) is 12.4 Å². The van der Waals surface area contributed by atoms with Crippen LogP contribution in [0.15, 0.2) is 17.1 Å². The molecule has 144 valence electrons. The molecule has 0 radical (unpaired) electrons. The molecule has 27 heavy (non-hydrogen) atoms. The lowest BCUT2D eigenvalue weighted by molar-refractivity contribution is 0.406. The smallest absolute Gasteiger partial charge is 0.218 e. The number of nitriles is 1. The van der Waals surface area contributed by atoms with Crippen molar-refractivity contribution in [1.82, 2.24) is 9.27 Å². The van der Waals surface area contributed by atoms with Gasteiger partial charge in [-0.3, -0.25) is 0 Å². The van der Waals surface area contributed by atoms with Crippen LogP contribution in [-0.4, -0.2) is 29.2 Å². The highest BCUT2D eigenvalue weighted by Gasteiger charge is 2.22. The van der Waals surface area contributed by atoms with E-state index in [0.29, 0.717) is 27.8 Å². The zero-order chi connectivity index (χ0) is 20.2. The summed E-state index contributed by atoms with van der Waals surface area (Å²) >= 11 is 7.58. The summed E-state index contributed by atoms with van der Waals surface area (Å²) in [5.41, 5.74) is 3.01. The highest BCUT2D eigenvalue weighted by atomic mass is 35.5. The number of hydrogen-bond donors (Lipinski definition) is 0. The average molecular weight is 405 g/mol. The molecule has 0 bridgehead atoms. The number of aryl methyl sites for hydroxylation is 1. The Balaban J connectivity index is 2.30. The van der Waals surface area contributed by atoms with Gasteiger partial charge in [-0.2, -0.15) is 9.64 Å². The molecule has 1 aromatic heterocycles. The standard InChI is InChI=1S/C20H25ClN4OS/c1-7-25(6)12-23-16-9-15(21)18(8-13(16)2)26-19-14(11-22)17(24-27-19)10-20(3,4)5/h8-9,12H,7,10H2,1-6H3. The van der Waals surface area contributed by atoms with Crippen molar-refractivity contribution in [2.45, 2.75) is 41.0 Å². The largest absolute Gasteiger partial charge is 0.442 e. The topological polar surface area (TPSA) is 61.5 Å². The Bertz CT molecular complexity index is 877. The monoisotopic (exact) mass is 404 g/mol. The lowest BCUT2D eigenvalue weighted by Gasteiger charge is -2.16. The van der Waals surface area contributed by atoms with Gasteiger partial charge in [-0.1, -0.05) is 32.4 Å². The highest BCUT2D eigenvalue weighted by molar-refractivity contribution is 7.08. The van der Waals surface area contributed by atoms with Crippen LogP contribution in [0.2, 0.25) is 5.02 Å². The molecule has 0 unspecified atom stereocenters. The molecule has 0 saturated carbocycles. The van der Waals surface area contributed by atoms with Gasteiger partial charge in [0.15, 0.2) is 0 Å². The molecule has 0 amide bonds. The molecular weight excluding hydrogens is 380 g/mol. The van der Waals surface area contributed by atoms with Crippen LogP contribution in [0.5, 0.6) is 10.8 Å². The highest BCUT2D eigenvalue weighted by Crippen LogP contribution is 2.39. The average Bonchev–Trinajstić information content (AvgIpc) is 2.95. The van der Waals surface area contributed by atoms with Gasteiger partial charge in [0.25, 0.3) is 0 Å². The second-order valence-electron chi connectivity index (χ2n) is 7.63. The fourth-order valence-electron chi connectivity index (χ4n) is 2.31. The third-order valence-electron chi connectivity index (χ3n) is 3.89. The van der Waals surface area contributed by atoms with Crippen LogP contribution in [0.4, 0.5) is 5.69 Å². The van der Waals surface area contributed by atoms with Gasteiger partial charge in [-0.25, -0.2) is 4.99 Å². The molecular formula is C20H25ClN4OS. The van der Waals surface area contributed by atoms with E-state index in [-0.39, 0.29) is 5.41 Å². The molecule has 2 aromatic rings. The quantitative estimate of drug-likeness (QED) is 0.439. The van der Waals surface area contributed by atoms with Gasteiger partial charge in [-0.15, -0.1) is 0 Å². The molecule has 0 spiro atoms. The summed E-state index contributed by atoms with van der Waals surface area (Å²) in [5.74, 6) is 0.499. The van der Waals surface area contributed by atoms with E-state index in [2.05, 4.69) is 43.1 Å². The van der Waals surface area contributed by atoms with Crippen molar-refractivity contribution in [2.75, 3.05) is 13.6 Å². The Morgan fingerprint density at radius 1 is 1.41 bits per heavy atom. The normalized spacial score (nSPS) is 11.6. The van der Waals surface area contributed by atoms with Crippen molar-refractivity contribution >= 4 is 35.2 Å². The van der Waals surface area contributed by atoms with Gasteiger partial charge in [0.05, 0.1) is 22.7 Å². The first-order valence-corrected chi connectivity index (χ1v) is 9.90. The Morgan fingerprint density at radius 3 is 2.70 bits per heavy atom. The molecule has 0 saturated heterocycles. The summed E-state index contributed by atoms with van der Waals surface area (Å²) in [5, 5.41) is 10.5. The maximum atomic E-state index is 9.56. The number of hydrogen-bond acceptors (Lipinski definition) is 5. The van der Waals surface area contributed by atoms with Crippen LogP contribution < -0.4 is 4.74 Å². The molecule has 0 atom stereocenters. The van der Waals surface area contributed by atoms with Gasteiger partial charge in [0.2, 0.25) is 5.06 Å². The van der Waals surface area contributed by atoms with Crippen LogP contribution in [-0.2, 0) is 6.42 Å². The minimum Gasteiger partial charge on any atom is -0.442 e. The van der Waals surface area contributed by atoms with E-state index in [1.807, 2.05) is 24.9 Å². The fourth-order valence-corrected chi connectivity index (χ4v) is 3.24. The minimum atomic E-state index is 0.0382. The van der Waals surface area contributed by atoms with Crippen molar-refractivity contribution in [1.29, 1.82) is 5.26 Å². The zero-order valence-corrected chi connectivity index (χ0v) is 18.2. The molecule has 5 nitrogen and oxygen atoms in total. The number of nitrogens with zero attached hydrogens (tertiary/aromatic N) is 4. The van der Waals surface area contributed by atoms with E-state index in [1.165, 1.54) is 11.5 Å². The Hall–Kier alpha value is -2.10. The maximum Gasteiger partial charge on any atom is 0.218 e. The number of halogens is 1. The molecule has 0 fully saturated rings. The maximum absolute atomic E-state index is 9.56. The summed E-state index contributed by atoms with van der Waals surface area (Å²) in [6, 6.07) is 5.83. The van der Waals surface area contributed by atoms with Gasteiger partial charge in [0.1, 0.15) is 17.4 Å². The number of rotatable bonds is 6. The summed E-state index contributed by atoms with van der Waals surface area (Å²) in [6.07, 6.45) is 2.48. The van der Waals surface area contributed by atoms with E-state index in [9.17, 15) is 5.26 Å². The molecule has 1 heterocycles. The second-order valence-corrected chi connectivity index (χ2v) is 8.77. The van der Waals surface area contributed by atoms with Crippen molar-refractivity contribution < 1.29 is 4.74 Å². The predicted octanol–water partition coefficient (Wildman–Crippen LogP) is 5.97. The molecule has 2 rings (SSSR count). The van der Waals surface area contributed by atoms with Crippen molar-refractivity contribution in [3.63, 3.8) is 0 Å². The van der Waals surface area contributed by atoms with Crippen LogP contribution in [0, 0.1) is 23.7 Å². The first-order valence-electron chi connectivity index (χ1n) is 8.75. The lowest BCUT2D eigenvalue weighted by Crippen LogP contribution is -2.14. The Labute approximate surface area is 170 Å². The Morgan fingerprint density at radius 2 is 2.11 bits per heavy atom. The van der Waals surface area contributed by atoms with E-state index >= 15 is 0 Å². The van der Waals surface area contributed by atoms with Gasteiger partial charge in [0, 0.05) is 25.1 Å². The summed E-state index contributed by atoms with van der Waals surface area (Å²) in [4.78, 5) is 6.44. The number of ether oxygens (including phenoxy) is 1. The molecule has 0 N–H and O–H groups in total.